The van der Waals surface area contributed by atoms with Crippen molar-refractivity contribution in [2.45, 2.75) is 13.1 Å². The molecular formula is C20H18N2O3. The molecule has 0 saturated heterocycles. The first-order valence-corrected chi connectivity index (χ1v) is 7.92. The second kappa shape index (κ2) is 7.49. The highest BCUT2D eigenvalue weighted by atomic mass is 16.3. The van der Waals surface area contributed by atoms with Crippen LogP contribution in [0.3, 0.4) is 0 Å². The van der Waals surface area contributed by atoms with Crippen molar-refractivity contribution in [3.8, 4) is 5.75 Å². The summed E-state index contributed by atoms with van der Waals surface area (Å²) < 4.78 is 0. The van der Waals surface area contributed by atoms with Crippen molar-refractivity contribution in [3.05, 3.63) is 100.0 Å². The summed E-state index contributed by atoms with van der Waals surface area (Å²) in [6, 6.07) is 20.3. The normalized spacial score (nSPS) is 10.4. The number of H-pyrrole nitrogens is 1. The van der Waals surface area contributed by atoms with Gasteiger partial charge in [0, 0.05) is 25.4 Å². The number of amides is 1. The first kappa shape index (κ1) is 16.5. The van der Waals surface area contributed by atoms with E-state index in [1.54, 1.807) is 4.90 Å². The smallest absolute Gasteiger partial charge is 0.259 e. The van der Waals surface area contributed by atoms with Crippen LogP contribution in [0.2, 0.25) is 0 Å². The lowest BCUT2D eigenvalue weighted by atomic mass is 10.1. The molecule has 25 heavy (non-hydrogen) atoms. The zero-order valence-corrected chi connectivity index (χ0v) is 13.6. The highest BCUT2D eigenvalue weighted by Crippen LogP contribution is 2.19. The molecule has 0 radical (unpaired) electrons. The average molecular weight is 334 g/mol. The van der Waals surface area contributed by atoms with E-state index in [0.29, 0.717) is 13.1 Å². The minimum Gasteiger partial charge on any atom is -0.507 e. The minimum atomic E-state index is -0.452. The first-order valence-electron chi connectivity index (χ1n) is 7.92. The number of aromatic nitrogens is 1. The van der Waals surface area contributed by atoms with Gasteiger partial charge in [0.05, 0.1) is 5.56 Å². The maximum absolute atomic E-state index is 12.9. The fourth-order valence-corrected chi connectivity index (χ4v) is 2.61. The molecule has 0 aliphatic rings. The van der Waals surface area contributed by atoms with Gasteiger partial charge in [-0.1, -0.05) is 60.7 Å². The first-order chi connectivity index (χ1) is 12.1. The van der Waals surface area contributed by atoms with Crippen LogP contribution in [0.5, 0.6) is 5.75 Å². The van der Waals surface area contributed by atoms with Crippen molar-refractivity contribution in [1.29, 1.82) is 0 Å². The standard InChI is InChI=1S/C20H18N2O3/c23-18-11-19(24)21-12-17(18)20(25)22(13-15-7-3-1-4-8-15)14-16-9-5-2-6-10-16/h1-12H,13-14H2,(H2,21,23,24). The van der Waals surface area contributed by atoms with Crippen LogP contribution in [0.15, 0.2) is 77.7 Å². The van der Waals surface area contributed by atoms with Crippen molar-refractivity contribution in [2.75, 3.05) is 0 Å². The molecule has 3 rings (SSSR count). The summed E-state index contributed by atoms with van der Waals surface area (Å²) in [5, 5.41) is 9.98. The highest BCUT2D eigenvalue weighted by molar-refractivity contribution is 5.96. The van der Waals surface area contributed by atoms with Crippen LogP contribution < -0.4 is 5.56 Å². The number of hydrogen-bond donors (Lipinski definition) is 2. The van der Waals surface area contributed by atoms with Gasteiger partial charge in [-0.2, -0.15) is 0 Å². The Bertz CT molecular complexity index is 863. The zero-order valence-electron chi connectivity index (χ0n) is 13.6. The Morgan fingerprint density at radius 1 is 0.920 bits per heavy atom. The molecule has 1 aromatic heterocycles. The molecule has 0 saturated carbocycles. The number of nitrogens with zero attached hydrogens (tertiary/aromatic N) is 1. The number of hydrogen-bond acceptors (Lipinski definition) is 3. The highest BCUT2D eigenvalue weighted by Gasteiger charge is 2.20. The molecule has 5 heteroatoms. The van der Waals surface area contributed by atoms with E-state index in [4.69, 9.17) is 0 Å². The number of nitrogens with one attached hydrogen (secondary N) is 1. The maximum atomic E-state index is 12.9. The van der Waals surface area contributed by atoms with Crippen molar-refractivity contribution in [2.24, 2.45) is 0 Å². The number of pyridine rings is 1. The van der Waals surface area contributed by atoms with Crippen LogP contribution in [0.25, 0.3) is 0 Å². The van der Waals surface area contributed by atoms with Gasteiger partial charge >= 0.3 is 0 Å². The Morgan fingerprint density at radius 2 is 1.44 bits per heavy atom. The van der Waals surface area contributed by atoms with Crippen molar-refractivity contribution < 1.29 is 9.90 Å². The van der Waals surface area contributed by atoms with Gasteiger partial charge in [-0.3, -0.25) is 9.59 Å². The molecule has 0 unspecified atom stereocenters. The molecule has 5 nitrogen and oxygen atoms in total. The molecule has 126 valence electrons. The average Bonchev–Trinajstić information content (AvgIpc) is 2.62. The maximum Gasteiger partial charge on any atom is 0.259 e. The van der Waals surface area contributed by atoms with E-state index in [-0.39, 0.29) is 17.2 Å². The van der Waals surface area contributed by atoms with Gasteiger partial charge in [-0.15, -0.1) is 0 Å². The van der Waals surface area contributed by atoms with Crippen LogP contribution >= 0.6 is 0 Å². The Balaban J connectivity index is 1.91. The third-order valence-electron chi connectivity index (χ3n) is 3.85. The second-order valence-electron chi connectivity index (χ2n) is 5.73. The molecule has 1 amide bonds. The summed E-state index contributed by atoms with van der Waals surface area (Å²) in [6.45, 7) is 0.792. The van der Waals surface area contributed by atoms with Gasteiger partial charge in [-0.05, 0) is 11.1 Å². The second-order valence-corrected chi connectivity index (χ2v) is 5.73. The Labute approximate surface area is 145 Å². The Morgan fingerprint density at radius 3 is 1.92 bits per heavy atom. The molecule has 2 aromatic carbocycles. The fourth-order valence-electron chi connectivity index (χ4n) is 2.61. The molecule has 0 aliphatic heterocycles. The summed E-state index contributed by atoms with van der Waals surface area (Å²) in [5.41, 5.74) is 1.59. The summed E-state index contributed by atoms with van der Waals surface area (Å²) in [4.78, 5) is 28.3. The Hall–Kier alpha value is -3.34. The molecule has 0 bridgehead atoms. The van der Waals surface area contributed by atoms with E-state index in [9.17, 15) is 14.7 Å². The van der Waals surface area contributed by atoms with Gasteiger partial charge in [0.2, 0.25) is 0 Å². The fraction of sp³-hybridized carbons (Fsp3) is 0.100. The van der Waals surface area contributed by atoms with Gasteiger partial charge in [0.15, 0.2) is 0 Å². The molecule has 3 aromatic rings. The van der Waals surface area contributed by atoms with E-state index in [1.165, 1.54) is 6.20 Å². The molecule has 0 fully saturated rings. The van der Waals surface area contributed by atoms with E-state index in [0.717, 1.165) is 17.2 Å². The Kier molecular flexibility index (Phi) is 4.95. The van der Waals surface area contributed by atoms with Crippen LogP contribution in [0, 0.1) is 0 Å². The zero-order chi connectivity index (χ0) is 17.6. The van der Waals surface area contributed by atoms with Gasteiger partial charge in [-0.25, -0.2) is 0 Å². The van der Waals surface area contributed by atoms with Crippen molar-refractivity contribution in [1.82, 2.24) is 9.88 Å². The molecule has 1 heterocycles. The molecule has 0 aliphatic carbocycles. The van der Waals surface area contributed by atoms with E-state index in [1.807, 2.05) is 60.7 Å². The number of aromatic amines is 1. The van der Waals surface area contributed by atoms with Gasteiger partial charge in [0.25, 0.3) is 11.5 Å². The molecular weight excluding hydrogens is 316 g/mol. The molecule has 0 spiro atoms. The minimum absolute atomic E-state index is 0.0754. The van der Waals surface area contributed by atoms with Crippen molar-refractivity contribution in [3.63, 3.8) is 0 Å². The topological polar surface area (TPSA) is 73.4 Å². The van der Waals surface area contributed by atoms with Crippen LogP contribution in [0.4, 0.5) is 0 Å². The van der Waals surface area contributed by atoms with E-state index in [2.05, 4.69) is 4.98 Å². The van der Waals surface area contributed by atoms with Gasteiger partial charge in [0.1, 0.15) is 5.75 Å². The molecule has 2 N–H and O–H groups in total. The third-order valence-corrected chi connectivity index (χ3v) is 3.85. The molecule has 0 atom stereocenters. The lowest BCUT2D eigenvalue weighted by Crippen LogP contribution is -2.30. The largest absolute Gasteiger partial charge is 0.507 e. The third kappa shape index (κ3) is 4.14. The lowest BCUT2D eigenvalue weighted by molar-refractivity contribution is 0.0726. The van der Waals surface area contributed by atoms with E-state index >= 15 is 0 Å². The van der Waals surface area contributed by atoms with Crippen LogP contribution in [-0.4, -0.2) is 20.9 Å². The van der Waals surface area contributed by atoms with Gasteiger partial charge < -0.3 is 15.0 Å². The number of aromatic hydroxyl groups is 1. The van der Waals surface area contributed by atoms with E-state index < -0.39 is 5.56 Å². The number of benzene rings is 2. The summed E-state index contributed by atoms with van der Waals surface area (Å²) in [5.74, 6) is -0.665. The number of rotatable bonds is 5. The van der Waals surface area contributed by atoms with Crippen molar-refractivity contribution >= 4 is 5.91 Å². The monoisotopic (exact) mass is 334 g/mol. The number of carbonyl (C=O) groups is 1. The summed E-state index contributed by atoms with van der Waals surface area (Å²) in [6.07, 6.45) is 1.25. The summed E-state index contributed by atoms with van der Waals surface area (Å²) in [7, 11) is 0. The summed E-state index contributed by atoms with van der Waals surface area (Å²) >= 11 is 0. The van der Waals surface area contributed by atoms with Crippen LogP contribution in [-0.2, 0) is 13.1 Å². The lowest BCUT2D eigenvalue weighted by Gasteiger charge is -2.23. The predicted molar refractivity (Wildman–Crippen MR) is 95.2 cm³/mol. The number of carbonyl (C=O) groups excluding carboxylic acids is 1. The van der Waals surface area contributed by atoms with Crippen LogP contribution in [0.1, 0.15) is 21.5 Å². The SMILES string of the molecule is O=C(c1c[nH]c(=O)cc1O)N(Cc1ccccc1)Cc1ccccc1. The predicted octanol–water partition coefficient (Wildman–Crippen LogP) is 2.92. The quantitative estimate of drug-likeness (QED) is 0.753.